The molecule has 2 aliphatic heterocycles. The molecule has 1 unspecified atom stereocenters. The Labute approximate surface area is 140 Å². The van der Waals surface area contributed by atoms with E-state index < -0.39 is 0 Å². The highest BCUT2D eigenvalue weighted by atomic mass is 127. The van der Waals surface area contributed by atoms with Crippen LogP contribution in [0.5, 0.6) is 0 Å². The molecule has 0 aromatic heterocycles. The normalized spacial score (nSPS) is 25.4. The first-order chi connectivity index (χ1) is 9.25. The number of nitrogens with zero attached hydrogens (tertiary/aromatic N) is 2. The second-order valence-corrected chi connectivity index (χ2v) is 6.04. The zero-order valence-electron chi connectivity index (χ0n) is 12.7. The molecule has 0 aromatic rings. The van der Waals surface area contributed by atoms with Crippen LogP contribution in [0.15, 0.2) is 4.99 Å². The fourth-order valence-corrected chi connectivity index (χ4v) is 2.89. The van der Waals surface area contributed by atoms with Crippen molar-refractivity contribution in [2.45, 2.75) is 58.0 Å². The van der Waals surface area contributed by atoms with Crippen molar-refractivity contribution < 1.29 is 4.74 Å². The number of piperidine rings is 1. The van der Waals surface area contributed by atoms with E-state index in [2.05, 4.69) is 16.8 Å². The summed E-state index contributed by atoms with van der Waals surface area (Å²) in [6, 6.07) is 0. The molecule has 118 valence electrons. The largest absolute Gasteiger partial charge is 0.378 e. The predicted molar refractivity (Wildman–Crippen MR) is 94.7 cm³/mol. The Morgan fingerprint density at radius 3 is 2.65 bits per heavy atom. The summed E-state index contributed by atoms with van der Waals surface area (Å²) in [5.74, 6) is 1.59. The Kier molecular flexibility index (Phi) is 8.84. The van der Waals surface area contributed by atoms with Crippen LogP contribution in [0.1, 0.15) is 51.9 Å². The summed E-state index contributed by atoms with van der Waals surface area (Å²) in [5, 5.41) is 0. The molecule has 0 spiro atoms. The third-order valence-corrected chi connectivity index (χ3v) is 4.34. The summed E-state index contributed by atoms with van der Waals surface area (Å²) < 4.78 is 5.72. The summed E-state index contributed by atoms with van der Waals surface area (Å²) in [6.45, 7) is 6.25. The summed E-state index contributed by atoms with van der Waals surface area (Å²) in [4.78, 5) is 6.76. The maximum absolute atomic E-state index is 6.06. The monoisotopic (exact) mass is 395 g/mol. The second-order valence-electron chi connectivity index (χ2n) is 6.04. The molecule has 2 fully saturated rings. The minimum Gasteiger partial charge on any atom is -0.378 e. The number of nitrogens with two attached hydrogens (primary N) is 1. The number of halogens is 1. The van der Waals surface area contributed by atoms with Gasteiger partial charge in [-0.2, -0.15) is 0 Å². The molecule has 2 rings (SSSR count). The summed E-state index contributed by atoms with van der Waals surface area (Å²) >= 11 is 0. The van der Waals surface area contributed by atoms with Gasteiger partial charge in [0.15, 0.2) is 5.96 Å². The fraction of sp³-hybridized carbons (Fsp3) is 0.933. The Morgan fingerprint density at radius 2 is 2.00 bits per heavy atom. The zero-order valence-corrected chi connectivity index (χ0v) is 15.1. The van der Waals surface area contributed by atoms with Gasteiger partial charge in [0.1, 0.15) is 0 Å². The molecule has 2 heterocycles. The number of rotatable bonds is 4. The van der Waals surface area contributed by atoms with Crippen LogP contribution >= 0.6 is 24.0 Å². The Hall–Kier alpha value is -0.0400. The number of guanidine groups is 1. The van der Waals surface area contributed by atoms with Crippen LogP contribution in [0.2, 0.25) is 0 Å². The lowest BCUT2D eigenvalue weighted by atomic mass is 10.00. The van der Waals surface area contributed by atoms with Gasteiger partial charge in [-0.15, -0.1) is 24.0 Å². The molecule has 0 aromatic carbocycles. The van der Waals surface area contributed by atoms with E-state index in [-0.39, 0.29) is 24.0 Å². The van der Waals surface area contributed by atoms with Crippen molar-refractivity contribution >= 4 is 29.9 Å². The van der Waals surface area contributed by atoms with Crippen LogP contribution in [-0.2, 0) is 4.74 Å². The molecule has 2 N–H and O–H groups in total. The number of aliphatic imine (C=N–C) groups is 1. The predicted octanol–water partition coefficient (Wildman–Crippen LogP) is 3.00. The average molecular weight is 395 g/mol. The van der Waals surface area contributed by atoms with Crippen LogP contribution in [0, 0.1) is 5.92 Å². The summed E-state index contributed by atoms with van der Waals surface area (Å²) in [6.07, 6.45) is 8.96. The van der Waals surface area contributed by atoms with E-state index in [0.29, 0.717) is 6.10 Å². The van der Waals surface area contributed by atoms with E-state index in [0.717, 1.165) is 51.0 Å². The van der Waals surface area contributed by atoms with Crippen molar-refractivity contribution in [2.24, 2.45) is 16.6 Å². The van der Waals surface area contributed by atoms with Gasteiger partial charge in [-0.25, -0.2) is 0 Å². The van der Waals surface area contributed by atoms with Crippen LogP contribution < -0.4 is 5.73 Å². The van der Waals surface area contributed by atoms with Crippen molar-refractivity contribution in [2.75, 3.05) is 26.2 Å². The van der Waals surface area contributed by atoms with Gasteiger partial charge in [-0.3, -0.25) is 4.99 Å². The van der Waals surface area contributed by atoms with E-state index in [1.165, 1.54) is 32.1 Å². The summed E-state index contributed by atoms with van der Waals surface area (Å²) in [5.41, 5.74) is 6.06. The highest BCUT2D eigenvalue weighted by molar-refractivity contribution is 14.0. The maximum Gasteiger partial charge on any atom is 0.191 e. The molecule has 2 saturated heterocycles. The lowest BCUT2D eigenvalue weighted by Gasteiger charge is -2.31. The lowest BCUT2D eigenvalue weighted by Crippen LogP contribution is -2.42. The van der Waals surface area contributed by atoms with Crippen molar-refractivity contribution in [3.05, 3.63) is 0 Å². The van der Waals surface area contributed by atoms with Gasteiger partial charge in [0.25, 0.3) is 0 Å². The lowest BCUT2D eigenvalue weighted by molar-refractivity contribution is 0.0105. The molecule has 5 heteroatoms. The van der Waals surface area contributed by atoms with E-state index in [4.69, 9.17) is 10.5 Å². The third-order valence-electron chi connectivity index (χ3n) is 4.34. The standard InChI is InChI=1S/C15H29N3O.HI/c1-13-7-10-18(11-8-13)15(16)17-9-4-6-14-5-2-3-12-19-14;/h13-14H,2-12H2,1H3,(H2,16,17);1H. The SMILES string of the molecule is CC1CCN(C(N)=NCCCC2CCCCO2)CC1.I. The van der Waals surface area contributed by atoms with Crippen molar-refractivity contribution in [1.29, 1.82) is 0 Å². The van der Waals surface area contributed by atoms with Crippen LogP contribution in [0.3, 0.4) is 0 Å². The Balaban J connectivity index is 0.00000200. The maximum atomic E-state index is 6.06. The molecule has 4 nitrogen and oxygen atoms in total. The molecule has 2 aliphatic rings. The summed E-state index contributed by atoms with van der Waals surface area (Å²) in [7, 11) is 0. The van der Waals surface area contributed by atoms with E-state index >= 15 is 0 Å². The van der Waals surface area contributed by atoms with Gasteiger partial charge in [0.2, 0.25) is 0 Å². The van der Waals surface area contributed by atoms with Gasteiger partial charge in [0.05, 0.1) is 6.10 Å². The number of hydrogen-bond acceptors (Lipinski definition) is 2. The first-order valence-electron chi connectivity index (χ1n) is 7.92. The molecule has 0 radical (unpaired) electrons. The minimum absolute atomic E-state index is 0. The van der Waals surface area contributed by atoms with E-state index in [1.54, 1.807) is 0 Å². The van der Waals surface area contributed by atoms with Crippen LogP contribution in [0.25, 0.3) is 0 Å². The molecular weight excluding hydrogens is 365 g/mol. The molecule has 1 atom stereocenters. The van der Waals surface area contributed by atoms with Gasteiger partial charge in [0, 0.05) is 26.2 Å². The first kappa shape index (κ1) is 18.0. The third kappa shape index (κ3) is 6.16. The topological polar surface area (TPSA) is 50.8 Å². The first-order valence-corrected chi connectivity index (χ1v) is 7.92. The van der Waals surface area contributed by atoms with Crippen LogP contribution in [-0.4, -0.2) is 43.2 Å². The Bertz CT molecular complexity index is 285. The quantitative estimate of drug-likeness (QED) is 0.345. The van der Waals surface area contributed by atoms with Gasteiger partial charge >= 0.3 is 0 Å². The van der Waals surface area contributed by atoms with E-state index in [1.807, 2.05) is 0 Å². The molecule has 0 bridgehead atoms. The number of ether oxygens (including phenoxy) is 1. The molecule has 0 saturated carbocycles. The van der Waals surface area contributed by atoms with Gasteiger partial charge in [-0.1, -0.05) is 6.92 Å². The molecule has 0 amide bonds. The van der Waals surface area contributed by atoms with Crippen molar-refractivity contribution in [3.63, 3.8) is 0 Å². The van der Waals surface area contributed by atoms with Gasteiger partial charge in [-0.05, 0) is 50.9 Å². The highest BCUT2D eigenvalue weighted by Gasteiger charge is 2.17. The zero-order chi connectivity index (χ0) is 13.5. The Morgan fingerprint density at radius 1 is 1.25 bits per heavy atom. The van der Waals surface area contributed by atoms with E-state index in [9.17, 15) is 0 Å². The number of hydrogen-bond donors (Lipinski definition) is 1. The second kappa shape index (κ2) is 9.82. The molecular formula is C15H30IN3O. The molecule has 0 aliphatic carbocycles. The van der Waals surface area contributed by atoms with Crippen molar-refractivity contribution in [3.8, 4) is 0 Å². The highest BCUT2D eigenvalue weighted by Crippen LogP contribution is 2.17. The average Bonchev–Trinajstić information content (AvgIpc) is 2.45. The molecule has 20 heavy (non-hydrogen) atoms. The smallest absolute Gasteiger partial charge is 0.191 e. The minimum atomic E-state index is 0. The van der Waals surface area contributed by atoms with Crippen molar-refractivity contribution in [1.82, 2.24) is 4.90 Å². The van der Waals surface area contributed by atoms with Crippen LogP contribution in [0.4, 0.5) is 0 Å². The number of likely N-dealkylation sites (tertiary alicyclic amines) is 1. The van der Waals surface area contributed by atoms with Gasteiger partial charge < -0.3 is 15.4 Å². The fourth-order valence-electron chi connectivity index (χ4n) is 2.89.